The van der Waals surface area contributed by atoms with Crippen LogP contribution in [0.25, 0.3) is 0 Å². The molecule has 2 heteroatoms. The predicted molar refractivity (Wildman–Crippen MR) is 72.0 cm³/mol. The molecule has 0 heterocycles. The zero-order chi connectivity index (χ0) is 12.1. The maximum atomic E-state index is 11.3. The molecule has 0 spiro atoms. The van der Waals surface area contributed by atoms with Crippen molar-refractivity contribution >= 4 is 17.4 Å². The van der Waals surface area contributed by atoms with Gasteiger partial charge in [0, 0.05) is 12.0 Å². The molecule has 0 aliphatic heterocycles. The van der Waals surface area contributed by atoms with Crippen LogP contribution in [0.15, 0.2) is 11.6 Å². The number of unbranched alkanes of at least 4 members (excludes halogenated alkanes) is 1. The average Bonchev–Trinajstić information content (AvgIpc) is 2.70. The van der Waals surface area contributed by atoms with E-state index in [1.807, 2.05) is 0 Å². The van der Waals surface area contributed by atoms with Gasteiger partial charge in [-0.15, -0.1) is 0 Å². The molecule has 96 valence electrons. The summed E-state index contributed by atoms with van der Waals surface area (Å²) < 4.78 is 0. The van der Waals surface area contributed by atoms with Crippen molar-refractivity contribution in [1.29, 1.82) is 0 Å². The summed E-state index contributed by atoms with van der Waals surface area (Å²) in [7, 11) is 0. The van der Waals surface area contributed by atoms with E-state index in [2.05, 4.69) is 0 Å². The first-order chi connectivity index (χ1) is 8.29. The average molecular weight is 255 g/mol. The highest BCUT2D eigenvalue weighted by molar-refractivity contribution is 6.26. The van der Waals surface area contributed by atoms with Gasteiger partial charge >= 0.3 is 0 Å². The number of hydrogen-bond acceptors (Lipinski definition) is 1. The monoisotopic (exact) mass is 254 g/mol. The largest absolute Gasteiger partial charge is 0.295 e. The first kappa shape index (κ1) is 13.1. The van der Waals surface area contributed by atoms with Crippen LogP contribution in [-0.2, 0) is 4.79 Å². The lowest BCUT2D eigenvalue weighted by atomic mass is 9.77. The zero-order valence-electron chi connectivity index (χ0n) is 10.5. The molecule has 0 N–H and O–H groups in total. The molecule has 2 saturated carbocycles. The maximum absolute atomic E-state index is 11.3. The molecule has 0 saturated heterocycles. The second-order valence-electron chi connectivity index (χ2n) is 5.78. The minimum atomic E-state index is 0.171. The minimum Gasteiger partial charge on any atom is -0.295 e. The van der Waals surface area contributed by atoms with Gasteiger partial charge in [-0.25, -0.2) is 0 Å². The standard InChI is InChI=1S/C15H23ClO/c16-10-9-15(17)4-2-1-3-13-7-5-12-6-8-14(13)11-12/h9-10,12-14H,1-8,11H2/b10-9+. The molecule has 2 bridgehead atoms. The molecule has 0 aromatic rings. The van der Waals surface area contributed by atoms with Gasteiger partial charge in [-0.05, 0) is 49.5 Å². The van der Waals surface area contributed by atoms with E-state index in [1.165, 1.54) is 56.6 Å². The van der Waals surface area contributed by atoms with Crippen LogP contribution in [-0.4, -0.2) is 5.78 Å². The molecule has 2 fully saturated rings. The van der Waals surface area contributed by atoms with Crippen LogP contribution < -0.4 is 0 Å². The summed E-state index contributed by atoms with van der Waals surface area (Å²) in [5, 5.41) is 0. The van der Waals surface area contributed by atoms with Gasteiger partial charge < -0.3 is 0 Å². The van der Waals surface area contributed by atoms with Gasteiger partial charge in [-0.2, -0.15) is 0 Å². The highest BCUT2D eigenvalue weighted by Crippen LogP contribution is 2.46. The Balaban J connectivity index is 1.60. The van der Waals surface area contributed by atoms with Crippen LogP contribution in [0.3, 0.4) is 0 Å². The third-order valence-electron chi connectivity index (χ3n) is 4.69. The number of ketones is 1. The lowest BCUT2D eigenvalue weighted by Crippen LogP contribution is -2.17. The van der Waals surface area contributed by atoms with Crippen molar-refractivity contribution in [2.24, 2.45) is 17.8 Å². The molecule has 0 amide bonds. The summed E-state index contributed by atoms with van der Waals surface area (Å²) in [5.74, 6) is 3.22. The quantitative estimate of drug-likeness (QED) is 0.496. The molecule has 3 atom stereocenters. The van der Waals surface area contributed by atoms with Gasteiger partial charge in [-0.1, -0.05) is 37.3 Å². The Kier molecular flexibility index (Phi) is 5.09. The number of rotatable bonds is 6. The van der Waals surface area contributed by atoms with Crippen LogP contribution >= 0.6 is 11.6 Å². The molecule has 0 aromatic carbocycles. The smallest absolute Gasteiger partial charge is 0.156 e. The maximum Gasteiger partial charge on any atom is 0.156 e. The van der Waals surface area contributed by atoms with Crippen molar-refractivity contribution < 1.29 is 4.79 Å². The predicted octanol–water partition coefficient (Wildman–Crippen LogP) is 4.69. The molecule has 2 aliphatic rings. The minimum absolute atomic E-state index is 0.171. The van der Waals surface area contributed by atoms with Crippen molar-refractivity contribution in [3.8, 4) is 0 Å². The Bertz CT molecular complexity index is 285. The Morgan fingerprint density at radius 3 is 2.82 bits per heavy atom. The first-order valence-corrected chi connectivity index (χ1v) is 7.53. The van der Waals surface area contributed by atoms with E-state index in [9.17, 15) is 4.79 Å². The van der Waals surface area contributed by atoms with Crippen LogP contribution in [0.1, 0.15) is 57.8 Å². The van der Waals surface area contributed by atoms with Crippen molar-refractivity contribution in [3.63, 3.8) is 0 Å². The summed E-state index contributed by atoms with van der Waals surface area (Å²) in [5.41, 5.74) is 1.32. The first-order valence-electron chi connectivity index (χ1n) is 7.09. The lowest BCUT2D eigenvalue weighted by Gasteiger charge is -2.28. The highest BCUT2D eigenvalue weighted by atomic mass is 35.5. The Morgan fingerprint density at radius 2 is 2.00 bits per heavy atom. The third-order valence-corrected chi connectivity index (χ3v) is 4.82. The molecule has 0 radical (unpaired) electrons. The van der Waals surface area contributed by atoms with Gasteiger partial charge in [-0.3, -0.25) is 4.79 Å². The van der Waals surface area contributed by atoms with E-state index in [0.29, 0.717) is 6.42 Å². The van der Waals surface area contributed by atoms with Crippen molar-refractivity contribution in [2.75, 3.05) is 0 Å². The normalized spacial score (nSPS) is 32.2. The Morgan fingerprint density at radius 1 is 1.18 bits per heavy atom. The topological polar surface area (TPSA) is 17.1 Å². The van der Waals surface area contributed by atoms with Gasteiger partial charge in [0.25, 0.3) is 0 Å². The van der Waals surface area contributed by atoms with E-state index >= 15 is 0 Å². The summed E-state index contributed by atoms with van der Waals surface area (Å²) >= 11 is 5.37. The highest BCUT2D eigenvalue weighted by Gasteiger charge is 2.34. The number of allylic oxidation sites excluding steroid dienone is 1. The van der Waals surface area contributed by atoms with E-state index in [1.54, 1.807) is 0 Å². The van der Waals surface area contributed by atoms with Gasteiger partial charge in [0.05, 0.1) is 0 Å². The fourth-order valence-electron chi connectivity index (χ4n) is 3.73. The second-order valence-corrected chi connectivity index (χ2v) is 6.03. The number of fused-ring (bicyclic) bond motifs is 2. The van der Waals surface area contributed by atoms with Crippen molar-refractivity contribution in [1.82, 2.24) is 0 Å². The second kappa shape index (κ2) is 6.58. The molecule has 2 rings (SSSR count). The van der Waals surface area contributed by atoms with Crippen molar-refractivity contribution in [2.45, 2.75) is 57.8 Å². The molecule has 0 aromatic heterocycles. The van der Waals surface area contributed by atoms with Crippen LogP contribution in [0.4, 0.5) is 0 Å². The Hall–Kier alpha value is -0.300. The van der Waals surface area contributed by atoms with E-state index in [4.69, 9.17) is 11.6 Å². The summed E-state index contributed by atoms with van der Waals surface area (Å²) in [4.78, 5) is 11.3. The number of carbonyl (C=O) groups excluding carboxylic acids is 1. The fourth-order valence-corrected chi connectivity index (χ4v) is 3.87. The summed E-state index contributed by atoms with van der Waals surface area (Å²) in [6.07, 6.45) is 13.1. The summed E-state index contributed by atoms with van der Waals surface area (Å²) in [6.45, 7) is 0. The SMILES string of the molecule is O=C(/C=C/Cl)CCCCC1CCC2CCC1C2. The van der Waals surface area contributed by atoms with Crippen LogP contribution in [0.2, 0.25) is 0 Å². The molecular formula is C15H23ClO. The number of hydrogen-bond donors (Lipinski definition) is 0. The van der Waals surface area contributed by atoms with E-state index in [-0.39, 0.29) is 5.78 Å². The van der Waals surface area contributed by atoms with Gasteiger partial charge in [0.1, 0.15) is 0 Å². The van der Waals surface area contributed by atoms with Crippen LogP contribution in [0.5, 0.6) is 0 Å². The van der Waals surface area contributed by atoms with Gasteiger partial charge in [0.15, 0.2) is 5.78 Å². The van der Waals surface area contributed by atoms with Crippen LogP contribution in [0, 0.1) is 17.8 Å². The number of carbonyl (C=O) groups is 1. The van der Waals surface area contributed by atoms with Gasteiger partial charge in [0.2, 0.25) is 0 Å². The molecule has 17 heavy (non-hydrogen) atoms. The third kappa shape index (κ3) is 3.84. The fraction of sp³-hybridized carbons (Fsp3) is 0.800. The Labute approximate surface area is 110 Å². The van der Waals surface area contributed by atoms with Crippen molar-refractivity contribution in [3.05, 3.63) is 11.6 Å². The molecule has 3 unspecified atom stereocenters. The zero-order valence-corrected chi connectivity index (χ0v) is 11.3. The molecule has 1 nitrogen and oxygen atoms in total. The number of halogens is 1. The molecular weight excluding hydrogens is 232 g/mol. The van der Waals surface area contributed by atoms with E-state index in [0.717, 1.165) is 24.2 Å². The lowest BCUT2D eigenvalue weighted by molar-refractivity contribution is -0.114. The summed E-state index contributed by atoms with van der Waals surface area (Å²) in [6, 6.07) is 0. The van der Waals surface area contributed by atoms with E-state index < -0.39 is 0 Å². The molecule has 2 aliphatic carbocycles.